The number of carbonyl (C=O) groups is 2. The van der Waals surface area contributed by atoms with Crippen molar-refractivity contribution in [2.75, 3.05) is 5.75 Å². The molecule has 2 heterocycles. The second-order valence-electron chi connectivity index (χ2n) is 2.92. The molecule has 0 aromatic carbocycles. The van der Waals surface area contributed by atoms with Gasteiger partial charge in [-0.3, -0.25) is 14.9 Å². The van der Waals surface area contributed by atoms with Gasteiger partial charge in [0.2, 0.25) is 11.8 Å². The van der Waals surface area contributed by atoms with Gasteiger partial charge in [0.1, 0.15) is 0 Å². The highest BCUT2D eigenvalue weighted by Gasteiger charge is 2.39. The Hall–Kier alpha value is -0.510. The molecule has 2 saturated heterocycles. The topological polar surface area (TPSA) is 46.2 Å². The number of nitrogens with one attached hydrogen (secondary N) is 1. The van der Waals surface area contributed by atoms with Crippen molar-refractivity contribution >= 4 is 23.6 Å². The standard InChI is InChI=1S/C7H9NO2S/c9-6-3-5-4(1-2-11-5)7(10)8-6/h4-5H,1-3H2,(H,8,9,10)/t4-,5?/m1/s1. The van der Waals surface area contributed by atoms with Gasteiger partial charge in [0.05, 0.1) is 5.92 Å². The van der Waals surface area contributed by atoms with E-state index in [2.05, 4.69) is 5.32 Å². The van der Waals surface area contributed by atoms with E-state index in [0.29, 0.717) is 6.42 Å². The van der Waals surface area contributed by atoms with E-state index >= 15 is 0 Å². The molecule has 60 valence electrons. The van der Waals surface area contributed by atoms with Crippen molar-refractivity contribution in [2.24, 2.45) is 5.92 Å². The van der Waals surface area contributed by atoms with Gasteiger partial charge in [-0.25, -0.2) is 0 Å². The van der Waals surface area contributed by atoms with Gasteiger partial charge >= 0.3 is 0 Å². The first-order valence-corrected chi connectivity index (χ1v) is 4.77. The van der Waals surface area contributed by atoms with Gasteiger partial charge in [0.15, 0.2) is 0 Å². The number of thioether (sulfide) groups is 1. The molecule has 0 saturated carbocycles. The van der Waals surface area contributed by atoms with E-state index in [1.165, 1.54) is 0 Å². The number of amides is 2. The van der Waals surface area contributed by atoms with E-state index in [1.54, 1.807) is 11.8 Å². The maximum atomic E-state index is 11.1. The average molecular weight is 171 g/mol. The molecule has 3 nitrogen and oxygen atoms in total. The highest BCUT2D eigenvalue weighted by Crippen LogP contribution is 2.36. The maximum absolute atomic E-state index is 11.1. The van der Waals surface area contributed by atoms with Crippen molar-refractivity contribution in [2.45, 2.75) is 18.1 Å². The highest BCUT2D eigenvalue weighted by molar-refractivity contribution is 8.00. The zero-order chi connectivity index (χ0) is 7.84. The summed E-state index contributed by atoms with van der Waals surface area (Å²) in [5.41, 5.74) is 0. The molecule has 0 bridgehead atoms. The van der Waals surface area contributed by atoms with Crippen molar-refractivity contribution in [3.63, 3.8) is 0 Å². The van der Waals surface area contributed by atoms with Crippen molar-refractivity contribution in [3.8, 4) is 0 Å². The van der Waals surface area contributed by atoms with E-state index in [0.717, 1.165) is 12.2 Å². The number of carbonyl (C=O) groups excluding carboxylic acids is 2. The second kappa shape index (κ2) is 2.52. The summed E-state index contributed by atoms with van der Waals surface area (Å²) in [7, 11) is 0. The summed E-state index contributed by atoms with van der Waals surface area (Å²) in [6.07, 6.45) is 1.47. The molecule has 0 aromatic rings. The molecule has 0 radical (unpaired) electrons. The summed E-state index contributed by atoms with van der Waals surface area (Å²) >= 11 is 1.75. The number of piperidine rings is 1. The zero-order valence-corrected chi connectivity index (χ0v) is 6.82. The number of hydrogen-bond donors (Lipinski definition) is 1. The molecule has 2 amide bonds. The second-order valence-corrected chi connectivity index (χ2v) is 4.27. The Morgan fingerprint density at radius 3 is 3.09 bits per heavy atom. The summed E-state index contributed by atoms with van der Waals surface area (Å²) in [4.78, 5) is 22.0. The normalized spacial score (nSPS) is 36.7. The Balaban J connectivity index is 2.16. The molecule has 2 aliphatic rings. The van der Waals surface area contributed by atoms with Crippen molar-refractivity contribution < 1.29 is 9.59 Å². The fraction of sp³-hybridized carbons (Fsp3) is 0.714. The van der Waals surface area contributed by atoms with Crippen LogP contribution in [-0.4, -0.2) is 22.8 Å². The van der Waals surface area contributed by atoms with Gasteiger partial charge in [-0.1, -0.05) is 0 Å². The van der Waals surface area contributed by atoms with E-state index in [-0.39, 0.29) is 23.0 Å². The highest BCUT2D eigenvalue weighted by atomic mass is 32.2. The number of hydrogen-bond acceptors (Lipinski definition) is 3. The molecule has 2 atom stereocenters. The number of fused-ring (bicyclic) bond motifs is 1. The van der Waals surface area contributed by atoms with Gasteiger partial charge < -0.3 is 0 Å². The van der Waals surface area contributed by atoms with Crippen LogP contribution in [0.3, 0.4) is 0 Å². The Kier molecular flexibility index (Phi) is 1.64. The summed E-state index contributed by atoms with van der Waals surface area (Å²) in [5, 5.41) is 2.63. The van der Waals surface area contributed by atoms with Gasteiger partial charge in [-0.2, -0.15) is 11.8 Å². The third kappa shape index (κ3) is 1.15. The molecule has 2 rings (SSSR count). The molecule has 2 fully saturated rings. The molecule has 0 aromatic heterocycles. The van der Waals surface area contributed by atoms with Crippen LogP contribution in [-0.2, 0) is 9.59 Å². The van der Waals surface area contributed by atoms with E-state index < -0.39 is 0 Å². The lowest BCUT2D eigenvalue weighted by Crippen LogP contribution is -2.45. The van der Waals surface area contributed by atoms with E-state index in [9.17, 15) is 9.59 Å². The Bertz CT molecular complexity index is 216. The SMILES string of the molecule is O=C1CC2SCC[C@H]2C(=O)N1. The minimum absolute atomic E-state index is 0.0590. The first-order chi connectivity index (χ1) is 5.27. The molecule has 11 heavy (non-hydrogen) atoms. The van der Waals surface area contributed by atoms with Crippen LogP contribution in [0.1, 0.15) is 12.8 Å². The summed E-state index contributed by atoms with van der Waals surface area (Å²) in [6, 6.07) is 0. The van der Waals surface area contributed by atoms with Crippen LogP contribution in [0.15, 0.2) is 0 Å². The zero-order valence-electron chi connectivity index (χ0n) is 6.00. The third-order valence-electron chi connectivity index (χ3n) is 2.20. The van der Waals surface area contributed by atoms with Gasteiger partial charge in [-0.05, 0) is 12.2 Å². The van der Waals surface area contributed by atoms with Crippen LogP contribution < -0.4 is 5.32 Å². The Labute approximate surface area is 68.9 Å². The van der Waals surface area contributed by atoms with Crippen LogP contribution in [0.4, 0.5) is 0 Å². The van der Waals surface area contributed by atoms with Gasteiger partial charge in [-0.15, -0.1) is 0 Å². The van der Waals surface area contributed by atoms with Gasteiger partial charge in [0, 0.05) is 11.7 Å². The van der Waals surface area contributed by atoms with E-state index in [4.69, 9.17) is 0 Å². The lowest BCUT2D eigenvalue weighted by atomic mass is 9.96. The summed E-state index contributed by atoms with van der Waals surface area (Å²) in [5.74, 6) is 0.968. The predicted octanol–water partition coefficient (Wildman–Crippen LogP) is 0.155. The van der Waals surface area contributed by atoms with Crippen molar-refractivity contribution in [1.82, 2.24) is 5.32 Å². The molecule has 1 N–H and O–H groups in total. The van der Waals surface area contributed by atoms with Crippen molar-refractivity contribution in [1.29, 1.82) is 0 Å². The van der Waals surface area contributed by atoms with Crippen LogP contribution in [0, 0.1) is 5.92 Å². The van der Waals surface area contributed by atoms with Crippen LogP contribution >= 0.6 is 11.8 Å². The third-order valence-corrected chi connectivity index (χ3v) is 3.59. The summed E-state index contributed by atoms with van der Waals surface area (Å²) < 4.78 is 0. The van der Waals surface area contributed by atoms with E-state index in [1.807, 2.05) is 0 Å². The van der Waals surface area contributed by atoms with Crippen LogP contribution in [0.5, 0.6) is 0 Å². The largest absolute Gasteiger partial charge is 0.296 e. The lowest BCUT2D eigenvalue weighted by molar-refractivity contribution is -0.135. The molecule has 4 heteroatoms. The monoisotopic (exact) mass is 171 g/mol. The first kappa shape index (κ1) is 7.16. The summed E-state index contributed by atoms with van der Waals surface area (Å²) in [6.45, 7) is 0. The molecule has 0 aliphatic carbocycles. The predicted molar refractivity (Wildman–Crippen MR) is 42.1 cm³/mol. The molecular weight excluding hydrogens is 162 g/mol. The Morgan fingerprint density at radius 2 is 2.27 bits per heavy atom. The lowest BCUT2D eigenvalue weighted by Gasteiger charge is -2.22. The smallest absolute Gasteiger partial charge is 0.230 e. The van der Waals surface area contributed by atoms with Crippen molar-refractivity contribution in [3.05, 3.63) is 0 Å². The van der Waals surface area contributed by atoms with Crippen LogP contribution in [0.2, 0.25) is 0 Å². The molecule has 0 spiro atoms. The maximum Gasteiger partial charge on any atom is 0.230 e. The van der Waals surface area contributed by atoms with Gasteiger partial charge in [0.25, 0.3) is 0 Å². The molecule has 2 aliphatic heterocycles. The quantitative estimate of drug-likeness (QED) is 0.528. The molecular formula is C7H9NO2S. The number of rotatable bonds is 0. The minimum atomic E-state index is -0.106. The fourth-order valence-electron chi connectivity index (χ4n) is 1.61. The average Bonchev–Trinajstić information content (AvgIpc) is 2.34. The minimum Gasteiger partial charge on any atom is -0.296 e. The van der Waals surface area contributed by atoms with Crippen LogP contribution in [0.25, 0.3) is 0 Å². The number of imide groups is 1. The molecule has 1 unspecified atom stereocenters. The Morgan fingerprint density at radius 1 is 1.45 bits per heavy atom. The fourth-order valence-corrected chi connectivity index (χ4v) is 3.07. The first-order valence-electron chi connectivity index (χ1n) is 3.72.